The highest BCUT2D eigenvalue weighted by atomic mass is 32.2. The molecule has 1 fully saturated rings. The lowest BCUT2D eigenvalue weighted by Gasteiger charge is -2.12. The molecule has 1 aliphatic carbocycles. The molecular weight excluding hydrogens is 301 g/mol. The molecule has 0 aromatic heterocycles. The Balaban J connectivity index is 2.05. The first kappa shape index (κ1) is 15.6. The monoisotopic (exact) mass is 315 g/mol. The highest BCUT2D eigenvalue weighted by molar-refractivity contribution is 7.84. The zero-order chi connectivity index (χ0) is 15.6. The molecule has 1 aromatic carbocycles. The summed E-state index contributed by atoms with van der Waals surface area (Å²) in [5, 5.41) is 19.4. The summed E-state index contributed by atoms with van der Waals surface area (Å²) < 4.78 is 25.9. The van der Waals surface area contributed by atoms with Crippen LogP contribution >= 0.6 is 0 Å². The van der Waals surface area contributed by atoms with Crippen LogP contribution in [0.4, 0.5) is 10.1 Å². The Morgan fingerprint density at radius 2 is 2.14 bits per heavy atom. The van der Waals surface area contributed by atoms with Gasteiger partial charge in [-0.25, -0.2) is 0 Å². The number of nitrogens with zero attached hydrogens (tertiary/aromatic N) is 1. The number of aliphatic carboxylic acids is 1. The smallest absolute Gasteiger partial charge is 0.305 e. The summed E-state index contributed by atoms with van der Waals surface area (Å²) in [5.41, 5.74) is -1.07. The van der Waals surface area contributed by atoms with Crippen molar-refractivity contribution in [2.45, 2.75) is 25.0 Å². The van der Waals surface area contributed by atoms with E-state index in [2.05, 4.69) is 0 Å². The van der Waals surface area contributed by atoms with Gasteiger partial charge in [-0.1, -0.05) is 12.1 Å². The molecule has 0 radical (unpaired) electrons. The quantitative estimate of drug-likeness (QED) is 0.614. The molecule has 1 aliphatic rings. The maximum atomic E-state index is 13.9. The Hall–Kier alpha value is -1.83. The van der Waals surface area contributed by atoms with Crippen LogP contribution in [0.25, 0.3) is 0 Å². The maximum absolute atomic E-state index is 13.9. The summed E-state index contributed by atoms with van der Waals surface area (Å²) in [6.07, 6.45) is 1.35. The van der Waals surface area contributed by atoms with E-state index in [4.69, 9.17) is 5.11 Å². The van der Waals surface area contributed by atoms with Gasteiger partial charge in [0, 0.05) is 28.2 Å². The molecule has 1 saturated carbocycles. The third-order valence-corrected chi connectivity index (χ3v) is 5.09. The van der Waals surface area contributed by atoms with Crippen LogP contribution in [0.3, 0.4) is 0 Å². The van der Waals surface area contributed by atoms with E-state index in [1.165, 1.54) is 12.1 Å². The number of nitro benzene ring substituents is 1. The van der Waals surface area contributed by atoms with Gasteiger partial charge in [-0.05, 0) is 18.3 Å². The van der Waals surface area contributed by atoms with Crippen LogP contribution in [0.15, 0.2) is 18.2 Å². The van der Waals surface area contributed by atoms with Crippen molar-refractivity contribution in [3.63, 3.8) is 0 Å². The average Bonchev–Trinajstić information content (AvgIpc) is 3.09. The molecule has 1 N–H and O–H groups in total. The zero-order valence-electron chi connectivity index (χ0n) is 11.1. The summed E-state index contributed by atoms with van der Waals surface area (Å²) in [7, 11) is -1.45. The highest BCUT2D eigenvalue weighted by Gasteiger charge is 2.45. The first-order valence-corrected chi connectivity index (χ1v) is 7.80. The van der Waals surface area contributed by atoms with Crippen LogP contribution in [0.1, 0.15) is 24.8 Å². The minimum atomic E-state index is -1.45. The number of halogens is 1. The average molecular weight is 315 g/mol. The SMILES string of the molecule is O=C(O)CC1(CS(=O)Cc2cccc([N+](=O)[O-])c2F)CC1. The van der Waals surface area contributed by atoms with Crippen LogP contribution in [-0.4, -0.2) is 26.0 Å². The van der Waals surface area contributed by atoms with Crippen molar-refractivity contribution in [1.82, 2.24) is 0 Å². The third-order valence-electron chi connectivity index (χ3n) is 3.52. The lowest BCUT2D eigenvalue weighted by Crippen LogP contribution is -2.18. The van der Waals surface area contributed by atoms with Gasteiger partial charge in [-0.3, -0.25) is 19.1 Å². The largest absolute Gasteiger partial charge is 0.481 e. The van der Waals surface area contributed by atoms with Crippen LogP contribution in [-0.2, 0) is 21.3 Å². The van der Waals surface area contributed by atoms with Gasteiger partial charge in [0.15, 0.2) is 0 Å². The third kappa shape index (κ3) is 3.84. The first-order valence-electron chi connectivity index (χ1n) is 6.31. The number of carboxylic acids is 1. The molecule has 0 bridgehead atoms. The topological polar surface area (TPSA) is 97.5 Å². The Morgan fingerprint density at radius 3 is 2.67 bits per heavy atom. The maximum Gasteiger partial charge on any atom is 0.305 e. The van der Waals surface area contributed by atoms with Crippen LogP contribution in [0, 0.1) is 21.3 Å². The summed E-state index contributed by atoms with van der Waals surface area (Å²) in [5.74, 6) is -1.87. The van der Waals surface area contributed by atoms with Gasteiger partial charge in [0.25, 0.3) is 0 Å². The van der Waals surface area contributed by atoms with Crippen molar-refractivity contribution in [2.75, 3.05) is 5.75 Å². The van der Waals surface area contributed by atoms with Crippen LogP contribution < -0.4 is 0 Å². The number of carbonyl (C=O) groups is 1. The zero-order valence-corrected chi connectivity index (χ0v) is 11.9. The molecule has 0 amide bonds. The number of benzene rings is 1. The molecule has 0 aliphatic heterocycles. The Morgan fingerprint density at radius 1 is 1.48 bits per heavy atom. The molecule has 0 heterocycles. The Kier molecular flexibility index (Phi) is 4.36. The highest BCUT2D eigenvalue weighted by Crippen LogP contribution is 2.49. The van der Waals surface area contributed by atoms with Crippen LogP contribution in [0.2, 0.25) is 0 Å². The van der Waals surface area contributed by atoms with E-state index in [9.17, 15) is 23.5 Å². The minimum absolute atomic E-state index is 0.0219. The number of rotatable bonds is 7. The predicted molar refractivity (Wildman–Crippen MR) is 73.7 cm³/mol. The fourth-order valence-electron chi connectivity index (χ4n) is 2.25. The normalized spacial score (nSPS) is 17.2. The molecule has 8 heteroatoms. The van der Waals surface area contributed by atoms with Gasteiger partial charge in [0.05, 0.1) is 17.1 Å². The van der Waals surface area contributed by atoms with Gasteiger partial charge in [0.2, 0.25) is 5.82 Å². The second-order valence-electron chi connectivity index (χ2n) is 5.31. The van der Waals surface area contributed by atoms with E-state index in [1.807, 2.05) is 0 Å². The number of carboxylic acid groups (broad SMARTS) is 1. The predicted octanol–water partition coefficient (Wildman–Crippen LogP) is 2.24. The summed E-state index contributed by atoms with van der Waals surface area (Å²) in [6.45, 7) is 0. The second-order valence-corrected chi connectivity index (χ2v) is 6.76. The van der Waals surface area contributed by atoms with Gasteiger partial charge >= 0.3 is 11.7 Å². The summed E-state index contributed by atoms with van der Waals surface area (Å²) in [6, 6.07) is 3.75. The standard InChI is InChI=1S/C13H14FNO5S/c14-12-9(2-1-3-10(12)15(18)19)7-21(20)8-13(4-5-13)6-11(16)17/h1-3H,4-8H2,(H,16,17). The van der Waals surface area contributed by atoms with Gasteiger partial charge < -0.3 is 5.11 Å². The van der Waals surface area contributed by atoms with Crippen molar-refractivity contribution in [1.29, 1.82) is 0 Å². The van der Waals surface area contributed by atoms with E-state index >= 15 is 0 Å². The molecule has 21 heavy (non-hydrogen) atoms. The van der Waals surface area contributed by atoms with Crippen molar-refractivity contribution in [2.24, 2.45) is 5.41 Å². The van der Waals surface area contributed by atoms with E-state index in [-0.39, 0.29) is 23.5 Å². The lowest BCUT2D eigenvalue weighted by molar-refractivity contribution is -0.387. The van der Waals surface area contributed by atoms with Crippen molar-refractivity contribution >= 4 is 22.5 Å². The molecule has 0 spiro atoms. The van der Waals surface area contributed by atoms with E-state index in [0.717, 1.165) is 6.07 Å². The van der Waals surface area contributed by atoms with E-state index in [1.54, 1.807) is 0 Å². The van der Waals surface area contributed by atoms with Crippen molar-refractivity contribution in [3.05, 3.63) is 39.7 Å². The summed E-state index contributed by atoms with van der Waals surface area (Å²) >= 11 is 0. The van der Waals surface area contributed by atoms with E-state index < -0.39 is 38.6 Å². The molecule has 1 aromatic rings. The van der Waals surface area contributed by atoms with Crippen molar-refractivity contribution in [3.8, 4) is 0 Å². The molecular formula is C13H14FNO5S. The fourth-order valence-corrected chi connectivity index (χ4v) is 4.00. The second kappa shape index (κ2) is 5.88. The molecule has 2 rings (SSSR count). The first-order chi connectivity index (χ1) is 9.83. The van der Waals surface area contributed by atoms with Gasteiger partial charge in [-0.15, -0.1) is 0 Å². The Labute approximate surface area is 122 Å². The number of nitro groups is 1. The minimum Gasteiger partial charge on any atom is -0.481 e. The molecule has 114 valence electrons. The molecule has 1 atom stereocenters. The lowest BCUT2D eigenvalue weighted by atomic mass is 10.1. The van der Waals surface area contributed by atoms with Crippen LogP contribution in [0.5, 0.6) is 0 Å². The fraction of sp³-hybridized carbons (Fsp3) is 0.462. The molecule has 0 saturated heterocycles. The molecule has 1 unspecified atom stereocenters. The number of hydrogen-bond acceptors (Lipinski definition) is 4. The number of hydrogen-bond donors (Lipinski definition) is 1. The van der Waals surface area contributed by atoms with Gasteiger partial charge in [0.1, 0.15) is 0 Å². The van der Waals surface area contributed by atoms with Gasteiger partial charge in [-0.2, -0.15) is 4.39 Å². The van der Waals surface area contributed by atoms with Crippen molar-refractivity contribution < 1.29 is 23.4 Å². The van der Waals surface area contributed by atoms with E-state index in [0.29, 0.717) is 12.8 Å². The molecule has 6 nitrogen and oxygen atoms in total. The summed E-state index contributed by atoms with van der Waals surface area (Å²) in [4.78, 5) is 20.6. The Bertz CT molecular complexity index is 615.